The van der Waals surface area contributed by atoms with Crippen LogP contribution in [0.2, 0.25) is 0 Å². The van der Waals surface area contributed by atoms with Crippen LogP contribution in [0.15, 0.2) is 51.7 Å². The van der Waals surface area contributed by atoms with Gasteiger partial charge in [0.2, 0.25) is 0 Å². The van der Waals surface area contributed by atoms with E-state index >= 15 is 0 Å². The summed E-state index contributed by atoms with van der Waals surface area (Å²) in [6, 6.07) is 11.9. The van der Waals surface area contributed by atoms with Gasteiger partial charge in [0.25, 0.3) is 5.91 Å². The quantitative estimate of drug-likeness (QED) is 0.840. The Balaban J connectivity index is 2.01. The van der Waals surface area contributed by atoms with Crippen LogP contribution >= 0.6 is 15.9 Å². The standard InChI is InChI=1S/C15H16BrNO2/c1-2-17(10-8-12-6-4-3-5-7-12)15(18)13-9-11-19-14(13)16/h3-7,9,11H,2,8,10H2,1H3. The van der Waals surface area contributed by atoms with Crippen LogP contribution in [0.4, 0.5) is 0 Å². The Morgan fingerprint density at radius 3 is 2.58 bits per heavy atom. The summed E-state index contributed by atoms with van der Waals surface area (Å²) in [5.74, 6) is -0.000874. The third-order valence-electron chi connectivity index (χ3n) is 3.03. The largest absolute Gasteiger partial charge is 0.457 e. The van der Waals surface area contributed by atoms with Crippen molar-refractivity contribution in [2.45, 2.75) is 13.3 Å². The van der Waals surface area contributed by atoms with Gasteiger partial charge in [0.1, 0.15) is 0 Å². The van der Waals surface area contributed by atoms with E-state index in [1.54, 1.807) is 6.07 Å². The van der Waals surface area contributed by atoms with Gasteiger partial charge in [-0.3, -0.25) is 4.79 Å². The topological polar surface area (TPSA) is 33.5 Å². The zero-order valence-corrected chi connectivity index (χ0v) is 12.4. The summed E-state index contributed by atoms with van der Waals surface area (Å²) in [5, 5.41) is 0. The first-order valence-corrected chi connectivity index (χ1v) is 7.08. The van der Waals surface area contributed by atoms with E-state index in [0.717, 1.165) is 6.42 Å². The molecule has 0 radical (unpaired) electrons. The maximum Gasteiger partial charge on any atom is 0.258 e. The first-order valence-electron chi connectivity index (χ1n) is 6.28. The molecule has 0 aliphatic carbocycles. The zero-order chi connectivity index (χ0) is 13.7. The second kappa shape index (κ2) is 6.57. The number of hydrogen-bond donors (Lipinski definition) is 0. The van der Waals surface area contributed by atoms with Crippen LogP contribution in [0.5, 0.6) is 0 Å². The highest BCUT2D eigenvalue weighted by Gasteiger charge is 2.18. The van der Waals surface area contributed by atoms with Crippen molar-refractivity contribution in [1.82, 2.24) is 4.90 Å². The van der Waals surface area contributed by atoms with Crippen molar-refractivity contribution in [2.24, 2.45) is 0 Å². The maximum absolute atomic E-state index is 12.3. The van der Waals surface area contributed by atoms with Gasteiger partial charge in [0.15, 0.2) is 4.67 Å². The number of carbonyl (C=O) groups is 1. The third kappa shape index (κ3) is 3.47. The average molecular weight is 322 g/mol. The van der Waals surface area contributed by atoms with Crippen molar-refractivity contribution >= 4 is 21.8 Å². The fourth-order valence-corrected chi connectivity index (χ4v) is 2.34. The molecular weight excluding hydrogens is 306 g/mol. The van der Waals surface area contributed by atoms with Gasteiger partial charge in [0.05, 0.1) is 11.8 Å². The molecule has 0 atom stereocenters. The zero-order valence-electron chi connectivity index (χ0n) is 10.8. The van der Waals surface area contributed by atoms with Gasteiger partial charge < -0.3 is 9.32 Å². The minimum atomic E-state index is -0.000874. The number of rotatable bonds is 5. The molecule has 0 unspecified atom stereocenters. The summed E-state index contributed by atoms with van der Waals surface area (Å²) in [4.78, 5) is 14.1. The molecule has 1 amide bonds. The van der Waals surface area contributed by atoms with Gasteiger partial charge in [-0.1, -0.05) is 30.3 Å². The molecule has 1 aromatic heterocycles. The minimum absolute atomic E-state index is 0.000874. The van der Waals surface area contributed by atoms with Gasteiger partial charge in [-0.05, 0) is 40.9 Å². The maximum atomic E-state index is 12.3. The Hall–Kier alpha value is -1.55. The predicted octanol–water partition coefficient (Wildman–Crippen LogP) is 3.75. The highest BCUT2D eigenvalue weighted by atomic mass is 79.9. The van der Waals surface area contributed by atoms with E-state index in [2.05, 4.69) is 28.1 Å². The molecule has 0 bridgehead atoms. The number of benzene rings is 1. The molecule has 2 rings (SSSR count). The van der Waals surface area contributed by atoms with E-state index in [0.29, 0.717) is 23.3 Å². The minimum Gasteiger partial charge on any atom is -0.457 e. The molecule has 0 aliphatic heterocycles. The SMILES string of the molecule is CCN(CCc1ccccc1)C(=O)c1ccoc1Br. The van der Waals surface area contributed by atoms with E-state index in [4.69, 9.17) is 4.42 Å². The lowest BCUT2D eigenvalue weighted by molar-refractivity contribution is 0.0764. The summed E-state index contributed by atoms with van der Waals surface area (Å²) in [7, 11) is 0. The van der Waals surface area contributed by atoms with E-state index in [9.17, 15) is 4.79 Å². The number of furan rings is 1. The molecule has 100 valence electrons. The normalized spacial score (nSPS) is 10.4. The molecule has 1 heterocycles. The summed E-state index contributed by atoms with van der Waals surface area (Å²) < 4.78 is 5.61. The summed E-state index contributed by atoms with van der Waals surface area (Å²) >= 11 is 3.25. The monoisotopic (exact) mass is 321 g/mol. The molecule has 2 aromatic rings. The smallest absolute Gasteiger partial charge is 0.258 e. The third-order valence-corrected chi connectivity index (χ3v) is 3.64. The number of hydrogen-bond acceptors (Lipinski definition) is 2. The van der Waals surface area contributed by atoms with Crippen LogP contribution in [0.3, 0.4) is 0 Å². The molecule has 0 fully saturated rings. The van der Waals surface area contributed by atoms with Crippen LogP contribution in [-0.4, -0.2) is 23.9 Å². The van der Waals surface area contributed by atoms with Gasteiger partial charge in [-0.2, -0.15) is 0 Å². The van der Waals surface area contributed by atoms with Crippen LogP contribution in [0.1, 0.15) is 22.8 Å². The lowest BCUT2D eigenvalue weighted by Crippen LogP contribution is -2.32. The number of likely N-dealkylation sites (N-methyl/N-ethyl adjacent to an activating group) is 1. The van der Waals surface area contributed by atoms with Crippen molar-refractivity contribution in [3.05, 3.63) is 58.5 Å². The van der Waals surface area contributed by atoms with Crippen LogP contribution in [-0.2, 0) is 6.42 Å². The van der Waals surface area contributed by atoms with Gasteiger partial charge >= 0.3 is 0 Å². The lowest BCUT2D eigenvalue weighted by atomic mass is 10.1. The van der Waals surface area contributed by atoms with Crippen molar-refractivity contribution < 1.29 is 9.21 Å². The Labute approximate surface area is 121 Å². The molecule has 1 aromatic carbocycles. The molecule has 0 aliphatic rings. The second-order valence-electron chi connectivity index (χ2n) is 4.23. The Morgan fingerprint density at radius 2 is 2.00 bits per heavy atom. The van der Waals surface area contributed by atoms with E-state index < -0.39 is 0 Å². The van der Waals surface area contributed by atoms with Crippen molar-refractivity contribution in [3.8, 4) is 0 Å². The first-order chi connectivity index (χ1) is 9.22. The summed E-state index contributed by atoms with van der Waals surface area (Å²) in [6.07, 6.45) is 2.37. The molecule has 0 N–H and O–H groups in total. The average Bonchev–Trinajstić information content (AvgIpc) is 2.86. The Bertz CT molecular complexity index is 536. The van der Waals surface area contributed by atoms with Crippen LogP contribution in [0.25, 0.3) is 0 Å². The van der Waals surface area contributed by atoms with Crippen LogP contribution in [0, 0.1) is 0 Å². The van der Waals surface area contributed by atoms with Crippen molar-refractivity contribution in [1.29, 1.82) is 0 Å². The Morgan fingerprint density at radius 1 is 1.26 bits per heavy atom. The van der Waals surface area contributed by atoms with E-state index in [1.165, 1.54) is 11.8 Å². The number of halogens is 1. The molecule has 0 spiro atoms. The summed E-state index contributed by atoms with van der Waals surface area (Å²) in [5.41, 5.74) is 1.81. The predicted molar refractivity (Wildman–Crippen MR) is 78.1 cm³/mol. The lowest BCUT2D eigenvalue weighted by Gasteiger charge is -2.20. The fourth-order valence-electron chi connectivity index (χ4n) is 1.93. The van der Waals surface area contributed by atoms with Crippen molar-refractivity contribution in [3.63, 3.8) is 0 Å². The van der Waals surface area contributed by atoms with Crippen LogP contribution < -0.4 is 0 Å². The molecule has 0 saturated carbocycles. The van der Waals surface area contributed by atoms with Gasteiger partial charge in [0, 0.05) is 13.1 Å². The molecule has 3 nitrogen and oxygen atoms in total. The molecule has 0 saturated heterocycles. The fraction of sp³-hybridized carbons (Fsp3) is 0.267. The number of amides is 1. The molecular formula is C15H16BrNO2. The second-order valence-corrected chi connectivity index (χ2v) is 4.95. The van der Waals surface area contributed by atoms with Gasteiger partial charge in [-0.25, -0.2) is 0 Å². The molecule has 19 heavy (non-hydrogen) atoms. The van der Waals surface area contributed by atoms with Gasteiger partial charge in [-0.15, -0.1) is 0 Å². The first kappa shape index (κ1) is 13.9. The van der Waals surface area contributed by atoms with Crippen molar-refractivity contribution in [2.75, 3.05) is 13.1 Å². The number of carbonyl (C=O) groups excluding carboxylic acids is 1. The molecule has 4 heteroatoms. The van der Waals surface area contributed by atoms with E-state index in [1.807, 2.05) is 30.0 Å². The Kier molecular flexibility index (Phi) is 4.80. The highest BCUT2D eigenvalue weighted by molar-refractivity contribution is 9.10. The van der Waals surface area contributed by atoms with E-state index in [-0.39, 0.29) is 5.91 Å². The highest BCUT2D eigenvalue weighted by Crippen LogP contribution is 2.19. The summed E-state index contributed by atoms with van der Waals surface area (Å²) in [6.45, 7) is 3.37. The number of nitrogens with zero attached hydrogens (tertiary/aromatic N) is 1.